The molecule has 0 aliphatic carbocycles. The second-order valence-corrected chi connectivity index (χ2v) is 2.87. The number of rotatable bonds is 2. The van der Waals surface area contributed by atoms with Crippen molar-refractivity contribution in [3.63, 3.8) is 0 Å². The molecule has 0 radical (unpaired) electrons. The first-order valence-electron chi connectivity index (χ1n) is 2.88. The minimum absolute atomic E-state index is 0.0671. The Bertz CT molecular complexity index is 255. The summed E-state index contributed by atoms with van der Waals surface area (Å²) in [5.74, 6) is 1.09. The summed E-state index contributed by atoms with van der Waals surface area (Å²) in [6.45, 7) is 0. The van der Waals surface area contributed by atoms with Crippen LogP contribution in [0.3, 0.4) is 0 Å². The fourth-order valence-electron chi connectivity index (χ4n) is 0.523. The van der Waals surface area contributed by atoms with Crippen LogP contribution in [0, 0.1) is 5.41 Å². The van der Waals surface area contributed by atoms with E-state index in [-0.39, 0.29) is 5.17 Å². The number of thioether (sulfide) groups is 1. The van der Waals surface area contributed by atoms with Crippen molar-refractivity contribution in [1.82, 2.24) is 20.2 Å². The molecule has 0 atom stereocenters. The summed E-state index contributed by atoms with van der Waals surface area (Å²) in [7, 11) is 1.69. The molecular weight excluding hydrogens is 164 g/mol. The van der Waals surface area contributed by atoms with Gasteiger partial charge < -0.3 is 5.73 Å². The fourth-order valence-corrected chi connectivity index (χ4v) is 0.924. The standard InChI is InChI=1S/C4H8N6S/c1-10-8-3(7-9-10)2-11-4(5)6/h2H2,1H3,(H3,5,6). The Morgan fingerprint density at radius 3 is 3.00 bits per heavy atom. The number of hydrogen-bond acceptors (Lipinski definition) is 5. The molecule has 6 nitrogen and oxygen atoms in total. The Morgan fingerprint density at radius 2 is 2.55 bits per heavy atom. The van der Waals surface area contributed by atoms with Gasteiger partial charge in [0, 0.05) is 0 Å². The quantitative estimate of drug-likeness (QED) is 0.456. The summed E-state index contributed by atoms with van der Waals surface area (Å²) in [5.41, 5.74) is 5.11. The summed E-state index contributed by atoms with van der Waals surface area (Å²) in [5, 5.41) is 18.2. The Kier molecular flexibility index (Phi) is 2.42. The molecule has 0 aromatic carbocycles. The molecule has 0 aliphatic rings. The lowest BCUT2D eigenvalue weighted by Crippen LogP contribution is -2.04. The SMILES string of the molecule is Cn1nnc(CSC(=N)N)n1. The van der Waals surface area contributed by atoms with Gasteiger partial charge in [0.05, 0.1) is 12.8 Å². The Balaban J connectivity index is 2.45. The van der Waals surface area contributed by atoms with E-state index in [4.69, 9.17) is 11.1 Å². The van der Waals surface area contributed by atoms with Gasteiger partial charge in [0.1, 0.15) is 0 Å². The van der Waals surface area contributed by atoms with E-state index in [1.807, 2.05) is 0 Å². The molecule has 3 N–H and O–H groups in total. The normalized spacial score (nSPS) is 9.91. The van der Waals surface area contributed by atoms with Crippen molar-refractivity contribution >= 4 is 16.9 Å². The third-order valence-corrected chi connectivity index (χ3v) is 1.62. The minimum atomic E-state index is 0.0671. The van der Waals surface area contributed by atoms with Crippen molar-refractivity contribution < 1.29 is 0 Å². The highest BCUT2D eigenvalue weighted by molar-refractivity contribution is 8.12. The molecule has 0 amide bonds. The van der Waals surface area contributed by atoms with E-state index in [0.717, 1.165) is 0 Å². The first kappa shape index (κ1) is 7.99. The van der Waals surface area contributed by atoms with E-state index in [1.165, 1.54) is 16.6 Å². The smallest absolute Gasteiger partial charge is 0.185 e. The maximum Gasteiger partial charge on any atom is 0.185 e. The van der Waals surface area contributed by atoms with Crippen molar-refractivity contribution in [2.45, 2.75) is 5.75 Å². The van der Waals surface area contributed by atoms with Crippen LogP contribution >= 0.6 is 11.8 Å². The third-order valence-electron chi connectivity index (χ3n) is 0.907. The van der Waals surface area contributed by atoms with Crippen LogP contribution in [0.1, 0.15) is 5.82 Å². The highest BCUT2D eigenvalue weighted by atomic mass is 32.2. The molecule has 1 aromatic rings. The van der Waals surface area contributed by atoms with Crippen molar-refractivity contribution in [2.24, 2.45) is 12.8 Å². The molecule has 1 aromatic heterocycles. The molecule has 0 unspecified atom stereocenters. The second-order valence-electron chi connectivity index (χ2n) is 1.85. The van der Waals surface area contributed by atoms with E-state index in [0.29, 0.717) is 11.6 Å². The van der Waals surface area contributed by atoms with Crippen LogP contribution < -0.4 is 5.73 Å². The Labute approximate surface area is 67.7 Å². The minimum Gasteiger partial charge on any atom is -0.379 e. The first-order valence-corrected chi connectivity index (χ1v) is 3.87. The molecule has 0 bridgehead atoms. The number of nitrogens with zero attached hydrogens (tertiary/aromatic N) is 4. The zero-order valence-corrected chi connectivity index (χ0v) is 6.80. The van der Waals surface area contributed by atoms with Gasteiger partial charge in [0.25, 0.3) is 0 Å². The van der Waals surface area contributed by atoms with Gasteiger partial charge in [0.2, 0.25) is 0 Å². The lowest BCUT2D eigenvalue weighted by molar-refractivity contribution is 0.628. The van der Waals surface area contributed by atoms with Gasteiger partial charge in [-0.2, -0.15) is 4.80 Å². The van der Waals surface area contributed by atoms with Crippen molar-refractivity contribution in [3.8, 4) is 0 Å². The lowest BCUT2D eigenvalue weighted by Gasteiger charge is -1.90. The van der Waals surface area contributed by atoms with Crippen molar-refractivity contribution in [1.29, 1.82) is 5.41 Å². The summed E-state index contributed by atoms with van der Waals surface area (Å²) in [4.78, 5) is 1.37. The number of aryl methyl sites for hydroxylation is 1. The van der Waals surface area contributed by atoms with E-state index in [9.17, 15) is 0 Å². The van der Waals surface area contributed by atoms with Crippen molar-refractivity contribution in [2.75, 3.05) is 0 Å². The predicted octanol–water partition coefficient (Wildman–Crippen LogP) is -0.663. The van der Waals surface area contributed by atoms with Gasteiger partial charge in [-0.05, 0) is 5.21 Å². The Hall–Kier alpha value is -1.11. The summed E-state index contributed by atoms with van der Waals surface area (Å²) in [6, 6.07) is 0. The van der Waals surface area contributed by atoms with Crippen LogP contribution in [-0.4, -0.2) is 25.4 Å². The van der Waals surface area contributed by atoms with Crippen LogP contribution in [0.4, 0.5) is 0 Å². The van der Waals surface area contributed by atoms with E-state index in [2.05, 4.69) is 15.4 Å². The zero-order valence-electron chi connectivity index (χ0n) is 5.98. The highest BCUT2D eigenvalue weighted by Crippen LogP contribution is 2.04. The summed E-state index contributed by atoms with van der Waals surface area (Å²) < 4.78 is 0. The molecule has 0 spiro atoms. The number of hydrogen-bond donors (Lipinski definition) is 2. The number of aromatic nitrogens is 4. The van der Waals surface area contributed by atoms with Gasteiger partial charge in [-0.15, -0.1) is 10.2 Å². The maximum absolute atomic E-state index is 6.91. The van der Waals surface area contributed by atoms with Crippen LogP contribution in [-0.2, 0) is 12.8 Å². The molecule has 0 saturated carbocycles. The number of amidine groups is 1. The van der Waals surface area contributed by atoms with Gasteiger partial charge in [-0.1, -0.05) is 11.8 Å². The van der Waals surface area contributed by atoms with Crippen LogP contribution in [0.15, 0.2) is 0 Å². The molecule has 0 aliphatic heterocycles. The topological polar surface area (TPSA) is 93.5 Å². The number of nitrogens with two attached hydrogens (primary N) is 1. The molecule has 1 rings (SSSR count). The number of nitrogens with one attached hydrogen (secondary N) is 1. The number of tetrazole rings is 1. The third kappa shape index (κ3) is 2.54. The van der Waals surface area contributed by atoms with Gasteiger partial charge in [-0.25, -0.2) is 0 Å². The summed E-state index contributed by atoms with van der Waals surface area (Å²) in [6.07, 6.45) is 0. The lowest BCUT2D eigenvalue weighted by atomic mass is 10.8. The largest absolute Gasteiger partial charge is 0.379 e. The summed E-state index contributed by atoms with van der Waals surface area (Å²) >= 11 is 1.18. The Morgan fingerprint density at radius 1 is 1.82 bits per heavy atom. The monoisotopic (exact) mass is 172 g/mol. The zero-order chi connectivity index (χ0) is 8.27. The van der Waals surface area contributed by atoms with E-state index < -0.39 is 0 Å². The molecular formula is C4H8N6S. The second kappa shape index (κ2) is 3.33. The van der Waals surface area contributed by atoms with Gasteiger partial charge >= 0.3 is 0 Å². The van der Waals surface area contributed by atoms with E-state index in [1.54, 1.807) is 7.05 Å². The predicted molar refractivity (Wildman–Crippen MR) is 42.0 cm³/mol. The van der Waals surface area contributed by atoms with Crippen molar-refractivity contribution in [3.05, 3.63) is 5.82 Å². The maximum atomic E-state index is 6.91. The molecule has 60 valence electrons. The van der Waals surface area contributed by atoms with Crippen LogP contribution in [0.5, 0.6) is 0 Å². The molecule has 1 heterocycles. The molecule has 11 heavy (non-hydrogen) atoms. The van der Waals surface area contributed by atoms with Crippen LogP contribution in [0.25, 0.3) is 0 Å². The molecule has 7 heteroatoms. The molecule has 0 saturated heterocycles. The fraction of sp³-hybridized carbons (Fsp3) is 0.500. The van der Waals surface area contributed by atoms with E-state index >= 15 is 0 Å². The average Bonchev–Trinajstić information content (AvgIpc) is 2.31. The van der Waals surface area contributed by atoms with Gasteiger partial charge in [-0.3, -0.25) is 5.41 Å². The highest BCUT2D eigenvalue weighted by Gasteiger charge is 2.00. The van der Waals surface area contributed by atoms with Gasteiger partial charge in [0.15, 0.2) is 11.0 Å². The first-order chi connectivity index (χ1) is 5.18. The van der Waals surface area contributed by atoms with Crippen LogP contribution in [0.2, 0.25) is 0 Å². The average molecular weight is 172 g/mol. The molecule has 0 fully saturated rings.